The lowest BCUT2D eigenvalue weighted by atomic mass is 9.82. The van der Waals surface area contributed by atoms with Gasteiger partial charge in [0.05, 0.1) is 17.1 Å². The number of thioether (sulfide) groups is 1. The van der Waals surface area contributed by atoms with Crippen molar-refractivity contribution in [2.45, 2.75) is 36.8 Å². The van der Waals surface area contributed by atoms with Crippen LogP contribution in [0.2, 0.25) is 0 Å². The zero-order chi connectivity index (χ0) is 21.7. The van der Waals surface area contributed by atoms with E-state index in [1.165, 1.54) is 23.1 Å². The van der Waals surface area contributed by atoms with Gasteiger partial charge in [0.2, 0.25) is 16.9 Å². The largest absolute Gasteiger partial charge is 0.481 e. The second-order valence-corrected chi connectivity index (χ2v) is 9.48. The van der Waals surface area contributed by atoms with E-state index in [9.17, 15) is 19.5 Å². The van der Waals surface area contributed by atoms with Gasteiger partial charge in [0.25, 0.3) is 0 Å². The molecule has 3 atom stereocenters. The molecule has 2 amide bonds. The van der Waals surface area contributed by atoms with Crippen LogP contribution in [0.1, 0.15) is 24.8 Å². The Morgan fingerprint density at radius 1 is 1.10 bits per heavy atom. The van der Waals surface area contributed by atoms with Crippen LogP contribution in [0, 0.1) is 18.8 Å². The predicted octanol–water partition coefficient (Wildman–Crippen LogP) is 3.57. The van der Waals surface area contributed by atoms with E-state index in [1.807, 2.05) is 25.1 Å². The monoisotopic (exact) mass is 446 g/mol. The van der Waals surface area contributed by atoms with Gasteiger partial charge in [-0.1, -0.05) is 23.5 Å². The Bertz CT molecular complexity index is 958. The lowest BCUT2D eigenvalue weighted by molar-refractivity contribution is -0.146. The quantitative estimate of drug-likeness (QED) is 0.439. The Morgan fingerprint density at radius 3 is 2.37 bits per heavy atom. The van der Waals surface area contributed by atoms with Crippen molar-refractivity contribution in [3.63, 3.8) is 0 Å². The summed E-state index contributed by atoms with van der Waals surface area (Å²) in [6.07, 6.45) is 4.42. The highest BCUT2D eigenvalue weighted by atomic mass is 32.2. The summed E-state index contributed by atoms with van der Waals surface area (Å²) < 4.78 is 0. The molecule has 10 heteroatoms. The molecule has 0 bridgehead atoms. The third-order valence-corrected chi connectivity index (χ3v) is 6.51. The SMILES string of the molecule is Cc1nnc(NC(=O)C(C)Sc2ccc(NC(=O)C3CC=CCC3C(=O)O)cc2)s1. The van der Waals surface area contributed by atoms with Crippen molar-refractivity contribution in [2.24, 2.45) is 11.8 Å². The number of carbonyl (C=O) groups is 3. The van der Waals surface area contributed by atoms with Gasteiger partial charge < -0.3 is 10.4 Å². The molecule has 1 aromatic carbocycles. The van der Waals surface area contributed by atoms with E-state index in [2.05, 4.69) is 20.8 Å². The van der Waals surface area contributed by atoms with Gasteiger partial charge in [-0.05, 0) is 51.0 Å². The van der Waals surface area contributed by atoms with Crippen molar-refractivity contribution in [3.05, 3.63) is 41.4 Å². The van der Waals surface area contributed by atoms with Crippen molar-refractivity contribution in [1.29, 1.82) is 0 Å². The first-order valence-corrected chi connectivity index (χ1v) is 11.1. The number of carboxylic acid groups (broad SMARTS) is 1. The maximum atomic E-state index is 12.5. The van der Waals surface area contributed by atoms with Gasteiger partial charge in [-0.3, -0.25) is 19.7 Å². The third kappa shape index (κ3) is 5.67. The summed E-state index contributed by atoms with van der Waals surface area (Å²) in [4.78, 5) is 37.1. The molecular formula is C20H22N4O4S2. The first kappa shape index (κ1) is 22.0. The summed E-state index contributed by atoms with van der Waals surface area (Å²) >= 11 is 2.70. The van der Waals surface area contributed by atoms with Gasteiger partial charge >= 0.3 is 5.97 Å². The van der Waals surface area contributed by atoms with Crippen LogP contribution in [-0.2, 0) is 14.4 Å². The average Bonchev–Trinajstić information content (AvgIpc) is 3.13. The fourth-order valence-electron chi connectivity index (χ4n) is 3.04. The van der Waals surface area contributed by atoms with Crippen LogP contribution in [0.15, 0.2) is 41.3 Å². The predicted molar refractivity (Wildman–Crippen MR) is 117 cm³/mol. The minimum atomic E-state index is -0.956. The summed E-state index contributed by atoms with van der Waals surface area (Å²) in [5.74, 6) is -2.72. The molecule has 8 nitrogen and oxygen atoms in total. The lowest BCUT2D eigenvalue weighted by Crippen LogP contribution is -2.34. The molecule has 3 rings (SSSR count). The van der Waals surface area contributed by atoms with Crippen LogP contribution in [0.5, 0.6) is 0 Å². The molecule has 158 valence electrons. The highest BCUT2D eigenvalue weighted by Crippen LogP contribution is 2.29. The normalized spacial score (nSPS) is 19.1. The van der Waals surface area contributed by atoms with Crippen molar-refractivity contribution >= 4 is 51.7 Å². The van der Waals surface area contributed by atoms with Crippen LogP contribution in [-0.4, -0.2) is 38.3 Å². The number of nitrogens with one attached hydrogen (secondary N) is 2. The number of hydrogen-bond acceptors (Lipinski definition) is 7. The first-order valence-electron chi connectivity index (χ1n) is 9.40. The van der Waals surface area contributed by atoms with Crippen LogP contribution < -0.4 is 10.6 Å². The molecule has 3 N–H and O–H groups in total. The molecule has 0 aliphatic heterocycles. The van der Waals surface area contributed by atoms with Gasteiger partial charge in [0.1, 0.15) is 5.01 Å². The number of allylic oxidation sites excluding steroid dienone is 2. The van der Waals surface area contributed by atoms with Gasteiger partial charge in [-0.25, -0.2) is 0 Å². The second kappa shape index (κ2) is 9.86. The topological polar surface area (TPSA) is 121 Å². The second-order valence-electron chi connectivity index (χ2n) is 6.88. The van der Waals surface area contributed by atoms with E-state index in [-0.39, 0.29) is 17.1 Å². The smallest absolute Gasteiger partial charge is 0.307 e. The van der Waals surface area contributed by atoms with E-state index < -0.39 is 17.8 Å². The number of carboxylic acids is 1. The minimum Gasteiger partial charge on any atom is -0.481 e. The lowest BCUT2D eigenvalue weighted by Gasteiger charge is -2.24. The number of hydrogen-bond donors (Lipinski definition) is 3. The van der Waals surface area contributed by atoms with Gasteiger partial charge in [-0.2, -0.15) is 0 Å². The fraction of sp³-hybridized carbons (Fsp3) is 0.350. The molecule has 1 aliphatic rings. The Kier molecular flexibility index (Phi) is 7.22. The molecule has 0 spiro atoms. The molecule has 30 heavy (non-hydrogen) atoms. The molecule has 1 aliphatic carbocycles. The highest BCUT2D eigenvalue weighted by Gasteiger charge is 2.33. The van der Waals surface area contributed by atoms with Gasteiger partial charge in [0, 0.05) is 10.6 Å². The Hall–Kier alpha value is -2.72. The maximum Gasteiger partial charge on any atom is 0.307 e. The van der Waals surface area contributed by atoms with Crippen molar-refractivity contribution in [2.75, 3.05) is 10.6 Å². The fourth-order valence-corrected chi connectivity index (χ4v) is 4.50. The van der Waals surface area contributed by atoms with Crippen molar-refractivity contribution in [1.82, 2.24) is 10.2 Å². The zero-order valence-corrected chi connectivity index (χ0v) is 18.1. The maximum absolute atomic E-state index is 12.5. The number of benzene rings is 1. The molecule has 1 aromatic heterocycles. The molecular weight excluding hydrogens is 424 g/mol. The van der Waals surface area contributed by atoms with Gasteiger partial charge in [-0.15, -0.1) is 22.0 Å². The van der Waals surface area contributed by atoms with E-state index in [4.69, 9.17) is 0 Å². The standard InChI is InChI=1S/C20H22N4O4S2/c1-11(17(25)22-20-24-23-12(2)30-20)29-14-9-7-13(8-10-14)21-18(26)15-5-3-4-6-16(15)19(27)28/h3-4,7-11,15-16H,5-6H2,1-2H3,(H,21,26)(H,27,28)(H,22,24,25). The van der Waals surface area contributed by atoms with Crippen LogP contribution in [0.4, 0.5) is 10.8 Å². The first-order chi connectivity index (χ1) is 14.3. The third-order valence-electron chi connectivity index (χ3n) is 4.65. The Balaban J connectivity index is 1.55. The number of anilines is 2. The molecule has 2 aromatic rings. The number of nitrogens with zero attached hydrogens (tertiary/aromatic N) is 2. The zero-order valence-electron chi connectivity index (χ0n) is 16.5. The van der Waals surface area contributed by atoms with E-state index in [0.717, 1.165) is 9.90 Å². The number of aromatic nitrogens is 2. The highest BCUT2D eigenvalue weighted by molar-refractivity contribution is 8.00. The average molecular weight is 447 g/mol. The number of carbonyl (C=O) groups excluding carboxylic acids is 2. The van der Waals surface area contributed by atoms with Crippen molar-refractivity contribution < 1.29 is 19.5 Å². The Labute approximate surface area is 182 Å². The molecule has 0 saturated carbocycles. The number of aryl methyl sites for hydroxylation is 1. The van der Waals surface area contributed by atoms with Crippen LogP contribution in [0.3, 0.4) is 0 Å². The van der Waals surface area contributed by atoms with Crippen molar-refractivity contribution in [3.8, 4) is 0 Å². The molecule has 0 saturated heterocycles. The summed E-state index contributed by atoms with van der Waals surface area (Å²) in [6, 6.07) is 7.12. The van der Waals surface area contributed by atoms with E-state index in [1.54, 1.807) is 25.1 Å². The molecule has 0 fully saturated rings. The van der Waals surface area contributed by atoms with Crippen LogP contribution in [0.25, 0.3) is 0 Å². The molecule has 1 heterocycles. The Morgan fingerprint density at radius 2 is 1.77 bits per heavy atom. The number of rotatable bonds is 7. The number of amides is 2. The van der Waals surface area contributed by atoms with E-state index in [0.29, 0.717) is 23.7 Å². The summed E-state index contributed by atoms with van der Waals surface area (Å²) in [5.41, 5.74) is 0.587. The summed E-state index contributed by atoms with van der Waals surface area (Å²) in [6.45, 7) is 3.62. The molecule has 3 unspecified atom stereocenters. The summed E-state index contributed by atoms with van der Waals surface area (Å²) in [7, 11) is 0. The summed E-state index contributed by atoms with van der Waals surface area (Å²) in [5, 5.41) is 23.5. The van der Waals surface area contributed by atoms with E-state index >= 15 is 0 Å². The minimum absolute atomic E-state index is 0.168. The van der Waals surface area contributed by atoms with Crippen LogP contribution >= 0.6 is 23.1 Å². The molecule has 0 radical (unpaired) electrons. The van der Waals surface area contributed by atoms with Gasteiger partial charge in [0.15, 0.2) is 0 Å². The number of aliphatic carboxylic acids is 1.